The molecule has 2 aromatic carbocycles. The van der Waals surface area contributed by atoms with Crippen molar-refractivity contribution in [3.05, 3.63) is 65.7 Å². The number of rotatable bonds is 4. The number of carbonyl (C=O) groups excluding carboxylic acids is 1. The summed E-state index contributed by atoms with van der Waals surface area (Å²) in [6, 6.07) is 11.5. The molecule has 0 saturated carbocycles. The minimum atomic E-state index is -4.45. The molecular weight excluding hydrogens is 307 g/mol. The summed E-state index contributed by atoms with van der Waals surface area (Å²) in [7, 11) is 1.53. The van der Waals surface area contributed by atoms with Crippen molar-refractivity contribution in [3.63, 3.8) is 0 Å². The first-order chi connectivity index (χ1) is 10.9. The highest BCUT2D eigenvalue weighted by Gasteiger charge is 2.30. The summed E-state index contributed by atoms with van der Waals surface area (Å²) in [5.41, 5.74) is 0.00994. The van der Waals surface area contributed by atoms with E-state index in [0.717, 1.165) is 17.7 Å². The fourth-order valence-corrected chi connectivity index (χ4v) is 1.87. The Morgan fingerprint density at radius 1 is 1.13 bits per heavy atom. The third kappa shape index (κ3) is 4.88. The monoisotopic (exact) mass is 321 g/mol. The molecule has 120 valence electrons. The summed E-state index contributed by atoms with van der Waals surface area (Å²) in [5, 5.41) is 2.40. The zero-order valence-corrected chi connectivity index (χ0v) is 12.2. The van der Waals surface area contributed by atoms with Crippen LogP contribution in [0.1, 0.15) is 11.1 Å². The maximum absolute atomic E-state index is 12.6. The van der Waals surface area contributed by atoms with Gasteiger partial charge < -0.3 is 10.1 Å². The summed E-state index contributed by atoms with van der Waals surface area (Å²) < 4.78 is 42.9. The molecule has 3 nitrogen and oxygen atoms in total. The lowest BCUT2D eigenvalue weighted by atomic mass is 10.2. The first-order valence-electron chi connectivity index (χ1n) is 6.69. The van der Waals surface area contributed by atoms with Gasteiger partial charge in [-0.1, -0.05) is 18.2 Å². The van der Waals surface area contributed by atoms with Crippen molar-refractivity contribution in [2.75, 3.05) is 12.4 Å². The Morgan fingerprint density at radius 2 is 1.87 bits per heavy atom. The molecule has 0 unspecified atom stereocenters. The molecule has 0 atom stereocenters. The molecule has 0 aliphatic rings. The van der Waals surface area contributed by atoms with Crippen molar-refractivity contribution in [2.24, 2.45) is 0 Å². The standard InChI is InChI=1S/C17H14F3NO2/c1-23-15-7-2-4-12(10-15)8-9-16(22)21-14-6-3-5-13(11-14)17(18,19)20/h2-11H,1H3,(H,21,22). The van der Waals surface area contributed by atoms with Gasteiger partial charge in [0.25, 0.3) is 0 Å². The van der Waals surface area contributed by atoms with Crippen LogP contribution in [0.15, 0.2) is 54.6 Å². The first kappa shape index (κ1) is 16.6. The molecule has 1 N–H and O–H groups in total. The molecule has 0 aliphatic heterocycles. The van der Waals surface area contributed by atoms with Crippen LogP contribution in [0.5, 0.6) is 5.75 Å². The average Bonchev–Trinajstić information content (AvgIpc) is 2.52. The van der Waals surface area contributed by atoms with Crippen LogP contribution in [0, 0.1) is 0 Å². The van der Waals surface area contributed by atoms with Crippen LogP contribution >= 0.6 is 0 Å². The van der Waals surface area contributed by atoms with Crippen LogP contribution in [0.2, 0.25) is 0 Å². The highest BCUT2D eigenvalue weighted by Crippen LogP contribution is 2.30. The highest BCUT2D eigenvalue weighted by molar-refractivity contribution is 6.01. The quantitative estimate of drug-likeness (QED) is 0.850. The molecular formula is C17H14F3NO2. The van der Waals surface area contributed by atoms with Crippen molar-refractivity contribution in [2.45, 2.75) is 6.18 Å². The van der Waals surface area contributed by atoms with E-state index in [1.165, 1.54) is 25.3 Å². The van der Waals surface area contributed by atoms with E-state index < -0.39 is 17.6 Å². The van der Waals surface area contributed by atoms with E-state index in [0.29, 0.717) is 5.75 Å². The van der Waals surface area contributed by atoms with E-state index >= 15 is 0 Å². The predicted octanol–water partition coefficient (Wildman–Crippen LogP) is 4.37. The lowest BCUT2D eigenvalue weighted by Gasteiger charge is -2.08. The Labute approximate surface area is 131 Å². The number of hydrogen-bond donors (Lipinski definition) is 1. The van der Waals surface area contributed by atoms with E-state index in [9.17, 15) is 18.0 Å². The van der Waals surface area contributed by atoms with Gasteiger partial charge in [-0.2, -0.15) is 13.2 Å². The second kappa shape index (κ2) is 7.00. The molecule has 0 heterocycles. The Balaban J connectivity index is 2.06. The summed E-state index contributed by atoms with van der Waals surface area (Å²) in [5.74, 6) is 0.123. The zero-order chi connectivity index (χ0) is 16.9. The molecule has 2 rings (SSSR count). The normalized spacial score (nSPS) is 11.5. The molecule has 0 spiro atoms. The number of hydrogen-bond acceptors (Lipinski definition) is 2. The predicted molar refractivity (Wildman–Crippen MR) is 82.1 cm³/mol. The SMILES string of the molecule is COc1cccc(C=CC(=O)Nc2cccc(C(F)(F)F)c2)c1. The fourth-order valence-electron chi connectivity index (χ4n) is 1.87. The molecule has 0 aliphatic carbocycles. The molecule has 1 amide bonds. The van der Waals surface area contributed by atoms with E-state index in [1.807, 2.05) is 0 Å². The second-order valence-corrected chi connectivity index (χ2v) is 4.68. The third-order valence-electron chi connectivity index (χ3n) is 2.98. The Morgan fingerprint density at radius 3 is 2.57 bits per heavy atom. The van der Waals surface area contributed by atoms with Gasteiger partial charge in [0.2, 0.25) is 5.91 Å². The van der Waals surface area contributed by atoms with Crippen molar-refractivity contribution in [1.29, 1.82) is 0 Å². The van der Waals surface area contributed by atoms with E-state index in [2.05, 4.69) is 5.32 Å². The minimum absolute atomic E-state index is 0.0834. The molecule has 0 aromatic heterocycles. The number of halogens is 3. The molecule has 2 aromatic rings. The van der Waals surface area contributed by atoms with Crippen LogP contribution in [0.3, 0.4) is 0 Å². The number of alkyl halides is 3. The first-order valence-corrected chi connectivity index (χ1v) is 6.69. The number of benzene rings is 2. The van der Waals surface area contributed by atoms with E-state index in [1.54, 1.807) is 30.3 Å². The molecule has 0 bridgehead atoms. The Hall–Kier alpha value is -2.76. The molecule has 0 radical (unpaired) electrons. The van der Waals surface area contributed by atoms with Crippen LogP contribution in [0.25, 0.3) is 6.08 Å². The topological polar surface area (TPSA) is 38.3 Å². The number of carbonyl (C=O) groups is 1. The largest absolute Gasteiger partial charge is 0.497 e. The van der Waals surface area contributed by atoms with E-state index in [4.69, 9.17) is 4.74 Å². The molecule has 6 heteroatoms. The molecule has 23 heavy (non-hydrogen) atoms. The summed E-state index contributed by atoms with van der Waals surface area (Å²) in [6.07, 6.45) is -1.66. The maximum atomic E-state index is 12.6. The van der Waals surface area contributed by atoms with Crippen LogP contribution in [-0.4, -0.2) is 13.0 Å². The summed E-state index contributed by atoms with van der Waals surface area (Å²) in [6.45, 7) is 0. The number of nitrogens with one attached hydrogen (secondary N) is 1. The van der Waals surface area contributed by atoms with Crippen LogP contribution < -0.4 is 10.1 Å². The maximum Gasteiger partial charge on any atom is 0.416 e. The van der Waals surface area contributed by atoms with Gasteiger partial charge in [0.1, 0.15) is 5.75 Å². The molecule has 0 fully saturated rings. The third-order valence-corrected chi connectivity index (χ3v) is 2.98. The highest BCUT2D eigenvalue weighted by atomic mass is 19.4. The van der Waals surface area contributed by atoms with Gasteiger partial charge >= 0.3 is 6.18 Å². The number of amides is 1. The molecule has 0 saturated heterocycles. The second-order valence-electron chi connectivity index (χ2n) is 4.68. The van der Waals surface area contributed by atoms with Gasteiger partial charge in [0.15, 0.2) is 0 Å². The number of anilines is 1. The fraction of sp³-hybridized carbons (Fsp3) is 0.118. The minimum Gasteiger partial charge on any atom is -0.497 e. The Kier molecular flexibility index (Phi) is 5.05. The summed E-state index contributed by atoms with van der Waals surface area (Å²) in [4.78, 5) is 11.8. The van der Waals surface area contributed by atoms with Crippen molar-refractivity contribution in [3.8, 4) is 5.75 Å². The van der Waals surface area contributed by atoms with Crippen molar-refractivity contribution in [1.82, 2.24) is 0 Å². The van der Waals surface area contributed by atoms with E-state index in [-0.39, 0.29) is 5.69 Å². The lowest BCUT2D eigenvalue weighted by Crippen LogP contribution is -2.10. The zero-order valence-electron chi connectivity index (χ0n) is 12.2. The van der Waals surface area contributed by atoms with Crippen molar-refractivity contribution >= 4 is 17.7 Å². The summed E-state index contributed by atoms with van der Waals surface area (Å²) >= 11 is 0. The van der Waals surface area contributed by atoms with Gasteiger partial charge in [-0.3, -0.25) is 4.79 Å². The van der Waals surface area contributed by atoms with Gasteiger partial charge in [0, 0.05) is 11.8 Å². The smallest absolute Gasteiger partial charge is 0.416 e. The average molecular weight is 321 g/mol. The number of ether oxygens (including phenoxy) is 1. The lowest BCUT2D eigenvalue weighted by molar-refractivity contribution is -0.137. The Bertz CT molecular complexity index is 724. The van der Waals surface area contributed by atoms with Gasteiger partial charge in [-0.15, -0.1) is 0 Å². The van der Waals surface area contributed by atoms with Crippen LogP contribution in [0.4, 0.5) is 18.9 Å². The van der Waals surface area contributed by atoms with Gasteiger partial charge in [-0.05, 0) is 42.0 Å². The van der Waals surface area contributed by atoms with Gasteiger partial charge in [-0.25, -0.2) is 0 Å². The van der Waals surface area contributed by atoms with Gasteiger partial charge in [0.05, 0.1) is 12.7 Å². The van der Waals surface area contributed by atoms with Crippen LogP contribution in [-0.2, 0) is 11.0 Å². The number of methoxy groups -OCH3 is 1. The van der Waals surface area contributed by atoms with Crippen molar-refractivity contribution < 1.29 is 22.7 Å².